The predicted octanol–water partition coefficient (Wildman–Crippen LogP) is 2.79. The predicted molar refractivity (Wildman–Crippen MR) is 143 cm³/mol. The Labute approximate surface area is 223 Å². The van der Waals surface area contributed by atoms with E-state index in [0.717, 1.165) is 0 Å². The fourth-order valence-corrected chi connectivity index (χ4v) is 5.03. The monoisotopic (exact) mass is 543 g/mol. The van der Waals surface area contributed by atoms with E-state index in [9.17, 15) is 18.5 Å². The molecule has 2 aromatic carbocycles. The highest BCUT2D eigenvalue weighted by Gasteiger charge is 2.54. The van der Waals surface area contributed by atoms with Crippen molar-refractivity contribution in [2.45, 2.75) is 29.6 Å². The van der Waals surface area contributed by atoms with Crippen LogP contribution in [0.3, 0.4) is 0 Å². The van der Waals surface area contributed by atoms with Gasteiger partial charge in [-0.05, 0) is 38.1 Å². The van der Waals surface area contributed by atoms with Gasteiger partial charge in [-0.25, -0.2) is 18.4 Å². The fraction of sp³-hybridized carbons (Fsp3) is 0.167. The van der Waals surface area contributed by atoms with Crippen molar-refractivity contribution < 1.29 is 27.2 Å². The van der Waals surface area contributed by atoms with Crippen LogP contribution in [-0.4, -0.2) is 54.5 Å². The molecule has 0 radical (unpaired) electrons. The minimum atomic E-state index is -3.42. The second-order valence-electron chi connectivity index (χ2n) is 9.32. The summed E-state index contributed by atoms with van der Waals surface area (Å²) in [5.41, 5.74) is 1.86. The summed E-state index contributed by atoms with van der Waals surface area (Å²) >= 11 is 0. The van der Waals surface area contributed by atoms with Gasteiger partial charge in [0.2, 0.25) is 0 Å². The van der Waals surface area contributed by atoms with Crippen LogP contribution < -0.4 is 0 Å². The molecule has 2 aliphatic heterocycles. The fourth-order valence-electron chi connectivity index (χ4n) is 3.97. The van der Waals surface area contributed by atoms with Crippen LogP contribution in [-0.2, 0) is 24.8 Å². The lowest BCUT2D eigenvalue weighted by Crippen LogP contribution is -2.14. The van der Waals surface area contributed by atoms with E-state index in [1.54, 1.807) is 62.5 Å². The molecule has 0 amide bonds. The van der Waals surface area contributed by atoms with Gasteiger partial charge in [-0.1, -0.05) is 17.3 Å². The smallest absolute Gasteiger partial charge is 0.434 e. The van der Waals surface area contributed by atoms with E-state index in [1.807, 2.05) is 0 Å². The Balaban J connectivity index is 1.41. The first-order chi connectivity index (χ1) is 18.7. The average molecular weight is 543 g/mol. The van der Waals surface area contributed by atoms with Gasteiger partial charge in [0, 0.05) is 29.3 Å². The van der Waals surface area contributed by atoms with Gasteiger partial charge >= 0.3 is 15.0 Å². The van der Waals surface area contributed by atoms with Crippen molar-refractivity contribution in [1.29, 1.82) is 0 Å². The van der Waals surface area contributed by atoms with Gasteiger partial charge in [-0.2, -0.15) is 0 Å². The lowest BCUT2D eigenvalue weighted by atomic mass is 9.91. The Morgan fingerprint density at radius 2 is 1.69 bits per heavy atom. The van der Waals surface area contributed by atoms with Gasteiger partial charge in [0.1, 0.15) is 17.1 Å². The molecule has 6 rings (SSSR count). The van der Waals surface area contributed by atoms with Crippen LogP contribution in [0.5, 0.6) is 0 Å². The maximum atomic E-state index is 12.5. The molecule has 4 heterocycles. The Bertz CT molecular complexity index is 1730. The first-order valence-corrected chi connectivity index (χ1v) is 13.5. The van der Waals surface area contributed by atoms with Gasteiger partial charge < -0.3 is 13.8 Å². The van der Waals surface area contributed by atoms with Crippen molar-refractivity contribution in [2.24, 2.45) is 4.99 Å². The molecule has 15 heteroatoms. The van der Waals surface area contributed by atoms with E-state index in [1.165, 1.54) is 12.1 Å². The molecular formula is C24H19B2N5O7S. The second kappa shape index (κ2) is 9.13. The first-order valence-electron chi connectivity index (χ1n) is 12.0. The number of hydrogen-bond acceptors (Lipinski definition) is 11. The maximum absolute atomic E-state index is 12.5. The summed E-state index contributed by atoms with van der Waals surface area (Å²) in [5.74, 6) is 0.842. The van der Waals surface area contributed by atoms with Gasteiger partial charge in [0.15, 0.2) is 27.0 Å². The molecule has 2 aromatic heterocycles. The van der Waals surface area contributed by atoms with Crippen molar-refractivity contribution >= 4 is 36.3 Å². The largest absolute Gasteiger partial charge is 0.549 e. The van der Waals surface area contributed by atoms with E-state index in [4.69, 9.17) is 18.8 Å². The Morgan fingerprint density at radius 1 is 1.05 bits per heavy atom. The lowest BCUT2D eigenvalue weighted by Gasteiger charge is -2.12. The molecule has 39 heavy (non-hydrogen) atoms. The molecule has 0 spiro atoms. The minimum Gasteiger partial charge on any atom is -0.549 e. The van der Waals surface area contributed by atoms with Crippen LogP contribution in [0.1, 0.15) is 19.5 Å². The molecule has 2 fully saturated rings. The highest BCUT2D eigenvalue weighted by molar-refractivity contribution is 7.92. The van der Waals surface area contributed by atoms with Crippen LogP contribution in [0, 0.1) is 10.1 Å². The van der Waals surface area contributed by atoms with Crippen LogP contribution in [0.2, 0.25) is 0 Å². The third-order valence-electron chi connectivity index (χ3n) is 6.36. The minimum absolute atomic E-state index is 0.0373. The molecule has 4 aromatic rings. The zero-order valence-electron chi connectivity index (χ0n) is 20.8. The van der Waals surface area contributed by atoms with Crippen molar-refractivity contribution in [3.05, 3.63) is 76.6 Å². The molecule has 0 saturated carbocycles. The Hall–Kier alpha value is -4.36. The van der Waals surface area contributed by atoms with E-state index >= 15 is 0 Å². The molecule has 0 aliphatic carbocycles. The molecule has 2 aliphatic rings. The molecule has 0 N–H and O–H groups in total. The number of nitro benzene ring substituents is 1. The van der Waals surface area contributed by atoms with Crippen LogP contribution in [0.4, 0.5) is 5.69 Å². The topological polar surface area (TPSA) is 167 Å². The van der Waals surface area contributed by atoms with E-state index in [0.29, 0.717) is 52.9 Å². The molecule has 12 nitrogen and oxygen atoms in total. The summed E-state index contributed by atoms with van der Waals surface area (Å²) in [7, 11) is -2.72. The molecule has 1 atom stereocenters. The summed E-state index contributed by atoms with van der Waals surface area (Å²) in [6, 6.07) is 14.0. The van der Waals surface area contributed by atoms with Crippen molar-refractivity contribution in [2.75, 3.05) is 0 Å². The third-order valence-corrected chi connectivity index (χ3v) is 8.53. The van der Waals surface area contributed by atoms with Crippen molar-refractivity contribution in [3.8, 4) is 34.0 Å². The van der Waals surface area contributed by atoms with Crippen LogP contribution in [0.15, 0.2) is 75.2 Å². The molecule has 2 saturated heterocycles. The van der Waals surface area contributed by atoms with Crippen LogP contribution in [0.25, 0.3) is 34.0 Å². The number of sulfone groups is 1. The lowest BCUT2D eigenvalue weighted by molar-refractivity contribution is -0.384. The molecule has 0 bridgehead atoms. The summed E-state index contributed by atoms with van der Waals surface area (Å²) in [5, 5.41) is 14.6. The SMILES string of the molecule is CC(C)S(=O)(=O)c1ccc(-c2cnc(C3(/N=C4\BO4)BO3)c(-c3cc(-c4ccc([N+](=O)[O-])cc4)no3)n2)cc1. The van der Waals surface area contributed by atoms with Crippen molar-refractivity contribution in [3.63, 3.8) is 0 Å². The van der Waals surface area contributed by atoms with E-state index in [2.05, 4.69) is 15.1 Å². The van der Waals surface area contributed by atoms with Gasteiger partial charge in [0.05, 0.1) is 27.0 Å². The normalized spacial score (nSPS) is 18.8. The van der Waals surface area contributed by atoms with E-state index < -0.39 is 25.6 Å². The Morgan fingerprint density at radius 3 is 2.28 bits per heavy atom. The number of nitro groups is 1. The summed E-state index contributed by atoms with van der Waals surface area (Å²) < 4.78 is 41.6. The zero-order chi connectivity index (χ0) is 27.4. The first kappa shape index (κ1) is 24.9. The number of aromatic nitrogens is 3. The van der Waals surface area contributed by atoms with Gasteiger partial charge in [-0.3, -0.25) is 15.1 Å². The van der Waals surface area contributed by atoms with Gasteiger partial charge in [0.25, 0.3) is 5.69 Å². The van der Waals surface area contributed by atoms with Crippen LogP contribution >= 0.6 is 0 Å². The highest BCUT2D eigenvalue weighted by atomic mass is 32.2. The van der Waals surface area contributed by atoms with Gasteiger partial charge in [-0.15, -0.1) is 0 Å². The average Bonchev–Trinajstić information content (AvgIpc) is 3.87. The number of aliphatic imine (C=N–C) groups is 1. The highest BCUT2D eigenvalue weighted by Crippen LogP contribution is 2.43. The number of nitrogens with zero attached hydrogens (tertiary/aromatic N) is 5. The summed E-state index contributed by atoms with van der Waals surface area (Å²) in [6.07, 6.45) is 1.57. The standard InChI is InChI=1S/C24H19B2N5O7S/c1-13(2)39(34,35)17-9-5-15(6-10-17)19-12-27-22(24(26-38-24)29-23-25-36-23)21(28-19)20-11-18(30-37-20)14-3-7-16(8-4-14)31(32)33/h3-13,25-26H,1-2H3/b29-23+. The van der Waals surface area contributed by atoms with Crippen molar-refractivity contribution in [1.82, 2.24) is 15.1 Å². The quantitative estimate of drug-likeness (QED) is 0.140. The Kier molecular flexibility index (Phi) is 5.84. The summed E-state index contributed by atoms with van der Waals surface area (Å²) in [6.45, 7) is 3.27. The number of non-ortho nitro benzene ring substituents is 1. The zero-order valence-corrected chi connectivity index (χ0v) is 21.6. The number of rotatable bonds is 8. The number of hydrogen-bond donors (Lipinski definition) is 0. The third kappa shape index (κ3) is 4.70. The van der Waals surface area contributed by atoms with E-state index in [-0.39, 0.29) is 18.1 Å². The second-order valence-corrected chi connectivity index (χ2v) is 11.8. The molecule has 1 unspecified atom stereocenters. The summed E-state index contributed by atoms with van der Waals surface area (Å²) in [4.78, 5) is 24.7. The molecule has 194 valence electrons. The molecular weight excluding hydrogens is 524 g/mol. The maximum Gasteiger partial charge on any atom is 0.434 e. The number of benzene rings is 2.